The summed E-state index contributed by atoms with van der Waals surface area (Å²) < 4.78 is 2.04. The van der Waals surface area contributed by atoms with Crippen LogP contribution in [0.15, 0.2) is 58.4 Å². The van der Waals surface area contributed by atoms with E-state index in [-0.39, 0.29) is 16.9 Å². The summed E-state index contributed by atoms with van der Waals surface area (Å²) >= 11 is 1.61. The molecule has 0 saturated heterocycles. The molecule has 0 spiro atoms. The van der Waals surface area contributed by atoms with Crippen LogP contribution in [-0.2, 0) is 13.0 Å². The molecule has 5 heteroatoms. The van der Waals surface area contributed by atoms with E-state index in [2.05, 4.69) is 11.4 Å². The summed E-state index contributed by atoms with van der Waals surface area (Å²) in [4.78, 5) is 26.6. The quantitative estimate of drug-likeness (QED) is 0.729. The molecule has 0 saturated carbocycles. The van der Waals surface area contributed by atoms with Crippen molar-refractivity contribution in [2.24, 2.45) is 0 Å². The topological polar surface area (TPSA) is 51.1 Å². The Balaban J connectivity index is 1.78. The molecule has 1 aromatic heterocycles. The number of nitrogens with one attached hydrogen (secondary N) is 1. The molecule has 1 N–H and O–H groups in total. The van der Waals surface area contributed by atoms with Crippen LogP contribution in [0.3, 0.4) is 0 Å². The van der Waals surface area contributed by atoms with Crippen molar-refractivity contribution in [2.45, 2.75) is 24.3 Å². The third-order valence-electron chi connectivity index (χ3n) is 4.60. The van der Waals surface area contributed by atoms with Crippen LogP contribution in [-0.4, -0.2) is 16.7 Å². The number of pyridine rings is 1. The van der Waals surface area contributed by atoms with Crippen molar-refractivity contribution < 1.29 is 4.79 Å². The molecule has 0 unspecified atom stereocenters. The zero-order chi connectivity index (χ0) is 17.4. The number of carbonyl (C=O) groups excluding carboxylic acids is 1. The lowest BCUT2D eigenvalue weighted by molar-refractivity contribution is 0.102. The van der Waals surface area contributed by atoms with E-state index >= 15 is 0 Å². The fraction of sp³-hybridized carbons (Fsp3) is 0.200. The average molecular weight is 350 g/mol. The summed E-state index contributed by atoms with van der Waals surface area (Å²) in [5.41, 5.74) is 2.85. The Morgan fingerprint density at radius 3 is 2.88 bits per heavy atom. The number of nitrogens with zero attached hydrogens (tertiary/aromatic N) is 1. The Morgan fingerprint density at radius 2 is 2.04 bits per heavy atom. The molecular weight excluding hydrogens is 332 g/mol. The number of amides is 1. The SMILES string of the molecule is CSc1cccc(NC(=O)c2cn3c4c(cccc4c2=O)CCC3)c1. The molecule has 1 aliphatic rings. The van der Waals surface area contributed by atoms with Crippen LogP contribution in [0.4, 0.5) is 5.69 Å². The van der Waals surface area contributed by atoms with Crippen molar-refractivity contribution in [1.29, 1.82) is 0 Å². The highest BCUT2D eigenvalue weighted by Crippen LogP contribution is 2.24. The predicted octanol–water partition coefficient (Wildman–Crippen LogP) is 3.92. The first kappa shape index (κ1) is 16.0. The molecule has 4 nitrogen and oxygen atoms in total. The summed E-state index contributed by atoms with van der Waals surface area (Å²) in [6, 6.07) is 13.4. The van der Waals surface area contributed by atoms with Crippen LogP contribution in [0.5, 0.6) is 0 Å². The minimum absolute atomic E-state index is 0.195. The molecule has 25 heavy (non-hydrogen) atoms. The van der Waals surface area contributed by atoms with Crippen LogP contribution in [0.25, 0.3) is 10.9 Å². The van der Waals surface area contributed by atoms with Gasteiger partial charge in [-0.05, 0) is 48.9 Å². The van der Waals surface area contributed by atoms with Gasteiger partial charge in [0.25, 0.3) is 5.91 Å². The van der Waals surface area contributed by atoms with E-state index in [4.69, 9.17) is 0 Å². The molecule has 2 aromatic carbocycles. The second-order valence-electron chi connectivity index (χ2n) is 6.17. The molecule has 4 rings (SSSR count). The van der Waals surface area contributed by atoms with Crippen LogP contribution in [0, 0.1) is 0 Å². The number of benzene rings is 2. The standard InChI is InChI=1S/C20H18N2O2S/c1-25-15-8-3-7-14(11-15)21-20(24)17-12-22-10-4-6-13-5-2-9-16(18(13)22)19(17)23/h2-3,5,7-9,11-12H,4,6,10H2,1H3,(H,21,24). The maximum Gasteiger partial charge on any atom is 0.261 e. The highest BCUT2D eigenvalue weighted by molar-refractivity contribution is 7.98. The van der Waals surface area contributed by atoms with Crippen LogP contribution >= 0.6 is 11.8 Å². The van der Waals surface area contributed by atoms with Crippen molar-refractivity contribution in [1.82, 2.24) is 4.57 Å². The van der Waals surface area contributed by atoms with Crippen LogP contribution in [0.2, 0.25) is 0 Å². The summed E-state index contributed by atoms with van der Waals surface area (Å²) in [5, 5.41) is 3.48. The molecule has 2 heterocycles. The van der Waals surface area contributed by atoms with Gasteiger partial charge in [0.15, 0.2) is 0 Å². The van der Waals surface area contributed by atoms with E-state index in [9.17, 15) is 9.59 Å². The second-order valence-corrected chi connectivity index (χ2v) is 7.05. The average Bonchev–Trinajstić information content (AvgIpc) is 2.64. The molecule has 126 valence electrons. The van der Waals surface area contributed by atoms with E-state index in [1.165, 1.54) is 5.56 Å². The lowest BCUT2D eigenvalue weighted by atomic mass is 10.00. The Morgan fingerprint density at radius 1 is 1.20 bits per heavy atom. The molecule has 0 aliphatic carbocycles. The fourth-order valence-corrected chi connectivity index (χ4v) is 3.88. The van der Waals surface area contributed by atoms with Gasteiger partial charge in [-0.1, -0.05) is 18.2 Å². The van der Waals surface area contributed by atoms with Gasteiger partial charge in [-0.25, -0.2) is 0 Å². The van der Waals surface area contributed by atoms with Crippen LogP contribution in [0.1, 0.15) is 22.3 Å². The number of hydrogen-bond donors (Lipinski definition) is 1. The van der Waals surface area contributed by atoms with Crippen molar-refractivity contribution >= 4 is 34.3 Å². The summed E-state index contributed by atoms with van der Waals surface area (Å²) in [6.07, 6.45) is 5.69. The minimum atomic E-state index is -0.357. The van der Waals surface area contributed by atoms with Gasteiger partial charge in [-0.2, -0.15) is 0 Å². The van der Waals surface area contributed by atoms with Crippen molar-refractivity contribution in [3.8, 4) is 0 Å². The largest absolute Gasteiger partial charge is 0.346 e. The Labute approximate surface area is 149 Å². The van der Waals surface area contributed by atoms with Gasteiger partial charge >= 0.3 is 0 Å². The highest BCUT2D eigenvalue weighted by atomic mass is 32.2. The number of aryl methyl sites for hydroxylation is 2. The van der Waals surface area contributed by atoms with Crippen LogP contribution < -0.4 is 10.7 Å². The summed E-state index contributed by atoms with van der Waals surface area (Å²) in [5.74, 6) is -0.357. The zero-order valence-corrected chi connectivity index (χ0v) is 14.7. The highest BCUT2D eigenvalue weighted by Gasteiger charge is 2.19. The first-order valence-electron chi connectivity index (χ1n) is 8.28. The second kappa shape index (κ2) is 6.41. The van der Waals surface area contributed by atoms with Gasteiger partial charge in [0.05, 0.1) is 5.52 Å². The number of para-hydroxylation sites is 1. The van der Waals surface area contributed by atoms with Gasteiger partial charge in [0, 0.05) is 28.7 Å². The van der Waals surface area contributed by atoms with E-state index in [0.29, 0.717) is 11.1 Å². The van der Waals surface area contributed by atoms with Gasteiger partial charge in [-0.3, -0.25) is 9.59 Å². The van der Waals surface area contributed by atoms with Crippen molar-refractivity contribution in [3.63, 3.8) is 0 Å². The normalized spacial score (nSPS) is 13.0. The molecular formula is C20H18N2O2S. The molecule has 0 fully saturated rings. The number of rotatable bonds is 3. The molecule has 0 bridgehead atoms. The molecule has 0 atom stereocenters. The maximum absolute atomic E-state index is 12.8. The van der Waals surface area contributed by atoms with Crippen molar-refractivity contribution in [2.75, 3.05) is 11.6 Å². The van der Waals surface area contributed by atoms with Gasteiger partial charge in [0.1, 0.15) is 5.56 Å². The zero-order valence-electron chi connectivity index (χ0n) is 13.9. The lowest BCUT2D eigenvalue weighted by Gasteiger charge is -2.20. The summed E-state index contributed by atoms with van der Waals surface area (Å²) in [7, 11) is 0. The molecule has 1 aliphatic heterocycles. The first-order valence-corrected chi connectivity index (χ1v) is 9.50. The first-order chi connectivity index (χ1) is 12.2. The third kappa shape index (κ3) is 2.85. The minimum Gasteiger partial charge on any atom is -0.346 e. The lowest BCUT2D eigenvalue weighted by Crippen LogP contribution is -2.25. The van der Waals surface area contributed by atoms with Gasteiger partial charge in [-0.15, -0.1) is 11.8 Å². The van der Waals surface area contributed by atoms with E-state index in [1.807, 2.05) is 47.2 Å². The number of thioether (sulfide) groups is 1. The van der Waals surface area contributed by atoms with Gasteiger partial charge < -0.3 is 9.88 Å². The predicted molar refractivity (Wildman–Crippen MR) is 103 cm³/mol. The smallest absolute Gasteiger partial charge is 0.261 e. The van der Waals surface area contributed by atoms with Gasteiger partial charge in [0.2, 0.25) is 5.43 Å². The number of anilines is 1. The Kier molecular flexibility index (Phi) is 4.09. The maximum atomic E-state index is 12.8. The Hall–Kier alpha value is -2.53. The molecule has 1 amide bonds. The molecule has 3 aromatic rings. The van der Waals surface area contributed by atoms with E-state index in [0.717, 1.165) is 29.8 Å². The fourth-order valence-electron chi connectivity index (χ4n) is 3.42. The van der Waals surface area contributed by atoms with E-state index < -0.39 is 0 Å². The third-order valence-corrected chi connectivity index (χ3v) is 5.32. The monoisotopic (exact) mass is 350 g/mol. The number of hydrogen-bond acceptors (Lipinski definition) is 3. The summed E-state index contributed by atoms with van der Waals surface area (Å²) in [6.45, 7) is 0.829. The number of carbonyl (C=O) groups is 1. The number of aromatic nitrogens is 1. The molecule has 0 radical (unpaired) electrons. The van der Waals surface area contributed by atoms with E-state index in [1.54, 1.807) is 18.0 Å². The van der Waals surface area contributed by atoms with Crippen molar-refractivity contribution in [3.05, 3.63) is 70.0 Å². The Bertz CT molecular complexity index is 1040.